The fourth-order valence-electron chi connectivity index (χ4n) is 2.00. The van der Waals surface area contributed by atoms with E-state index in [1.165, 1.54) is 18.2 Å². The van der Waals surface area contributed by atoms with E-state index in [1.807, 2.05) is 0 Å². The summed E-state index contributed by atoms with van der Waals surface area (Å²) < 4.78 is 50.7. The molecule has 13 heteroatoms. The zero-order chi connectivity index (χ0) is 24.9. The van der Waals surface area contributed by atoms with Crippen LogP contribution in [0.5, 0.6) is 5.75 Å². The highest BCUT2D eigenvalue weighted by molar-refractivity contribution is 7.13. The van der Waals surface area contributed by atoms with Crippen molar-refractivity contribution in [2.75, 3.05) is 0 Å². The third kappa shape index (κ3) is 7.65. The molecular formula is C19H18F4N2O6S. The number of hydrogen-bond acceptors (Lipinski definition) is 6. The van der Waals surface area contributed by atoms with Crippen LogP contribution in [0, 0.1) is 16.6 Å². The molecule has 5 N–H and O–H groups in total. The maximum Gasteiger partial charge on any atom is 0.490 e. The van der Waals surface area contributed by atoms with Gasteiger partial charge >= 0.3 is 24.1 Å². The van der Waals surface area contributed by atoms with Crippen molar-refractivity contribution in [1.29, 1.82) is 5.41 Å². The summed E-state index contributed by atoms with van der Waals surface area (Å²) in [6.07, 6.45) is -4.82. The Morgan fingerprint density at radius 1 is 1.09 bits per heavy atom. The minimum absolute atomic E-state index is 0.187. The number of carbonyl (C=O) groups excluding carboxylic acids is 1. The second-order valence-corrected chi connectivity index (χ2v) is 8.05. The Kier molecular flexibility index (Phi) is 8.48. The molecule has 32 heavy (non-hydrogen) atoms. The third-order valence-corrected chi connectivity index (χ3v) is 4.81. The first-order valence-corrected chi connectivity index (χ1v) is 9.34. The van der Waals surface area contributed by atoms with Gasteiger partial charge in [-0.15, -0.1) is 11.3 Å². The zero-order valence-electron chi connectivity index (χ0n) is 16.6. The fraction of sp³-hybridized carbons (Fsp3) is 0.263. The second-order valence-electron chi connectivity index (χ2n) is 6.88. The van der Waals surface area contributed by atoms with Crippen LogP contribution in [0.2, 0.25) is 0 Å². The summed E-state index contributed by atoms with van der Waals surface area (Å²) in [4.78, 5) is 33.2. The largest absolute Gasteiger partial charge is 0.490 e. The molecule has 0 saturated carbocycles. The van der Waals surface area contributed by atoms with Gasteiger partial charge in [-0.3, -0.25) is 10.2 Å². The molecule has 1 heterocycles. The van der Waals surface area contributed by atoms with Crippen LogP contribution in [0.1, 0.15) is 34.0 Å². The van der Waals surface area contributed by atoms with Gasteiger partial charge in [-0.25, -0.2) is 14.0 Å². The van der Waals surface area contributed by atoms with Crippen molar-refractivity contribution in [3.05, 3.63) is 51.5 Å². The number of nitrogens with one attached hydrogen (secondary N) is 1. The van der Waals surface area contributed by atoms with Crippen molar-refractivity contribution >= 4 is 35.1 Å². The molecule has 0 bridgehead atoms. The number of hydrogen-bond donors (Lipinski definition) is 4. The topological polar surface area (TPSA) is 151 Å². The Bertz CT molecular complexity index is 1030. The molecule has 0 fully saturated rings. The summed E-state index contributed by atoms with van der Waals surface area (Å²) in [5.74, 6) is -5.79. The van der Waals surface area contributed by atoms with Gasteiger partial charge in [0, 0.05) is 10.4 Å². The molecule has 8 nitrogen and oxygen atoms in total. The number of carboxylic acid groups (broad SMARTS) is 2. The molecule has 0 saturated heterocycles. The highest BCUT2D eigenvalue weighted by Crippen LogP contribution is 2.28. The van der Waals surface area contributed by atoms with Crippen LogP contribution >= 0.6 is 11.3 Å². The first kappa shape index (κ1) is 26.6. The summed E-state index contributed by atoms with van der Waals surface area (Å²) in [5.41, 5.74) is 4.50. The van der Waals surface area contributed by atoms with E-state index in [2.05, 4.69) is 0 Å². The highest BCUT2D eigenvalue weighted by atomic mass is 32.1. The van der Waals surface area contributed by atoms with Crippen molar-refractivity contribution in [2.24, 2.45) is 11.1 Å². The second kappa shape index (κ2) is 10.2. The van der Waals surface area contributed by atoms with Crippen molar-refractivity contribution in [2.45, 2.75) is 26.4 Å². The summed E-state index contributed by atoms with van der Waals surface area (Å²) in [5, 5.41) is 23.5. The van der Waals surface area contributed by atoms with Crippen LogP contribution in [0.25, 0.3) is 0 Å². The number of nitrogen functional groups attached to an aromatic ring is 1. The molecular weight excluding hydrogens is 460 g/mol. The summed E-state index contributed by atoms with van der Waals surface area (Å²) in [7, 11) is 0. The molecule has 2 aromatic rings. The average molecular weight is 478 g/mol. The van der Waals surface area contributed by atoms with Gasteiger partial charge in [0.05, 0.1) is 5.41 Å². The summed E-state index contributed by atoms with van der Waals surface area (Å²) in [6.45, 7) is 3.19. The number of amidine groups is 1. The molecule has 0 aliphatic rings. The smallest absolute Gasteiger partial charge is 0.481 e. The van der Waals surface area contributed by atoms with Crippen LogP contribution in [0.4, 0.5) is 17.6 Å². The average Bonchev–Trinajstić information content (AvgIpc) is 3.10. The van der Waals surface area contributed by atoms with E-state index in [1.54, 1.807) is 19.9 Å². The van der Waals surface area contributed by atoms with E-state index >= 15 is 0 Å². The molecule has 0 unspecified atom stereocenters. The van der Waals surface area contributed by atoms with Gasteiger partial charge in [-0.2, -0.15) is 13.2 Å². The lowest BCUT2D eigenvalue weighted by molar-refractivity contribution is -0.192. The molecule has 174 valence electrons. The monoisotopic (exact) mass is 478 g/mol. The van der Waals surface area contributed by atoms with Gasteiger partial charge in [-0.05, 0) is 50.6 Å². The molecule has 2 rings (SSSR count). The van der Waals surface area contributed by atoms with Gasteiger partial charge in [0.15, 0.2) is 11.6 Å². The van der Waals surface area contributed by atoms with Crippen LogP contribution in [-0.2, 0) is 16.0 Å². The predicted molar refractivity (Wildman–Crippen MR) is 106 cm³/mol. The van der Waals surface area contributed by atoms with Crippen LogP contribution in [-0.4, -0.2) is 40.1 Å². The lowest BCUT2D eigenvalue weighted by Gasteiger charge is -2.17. The van der Waals surface area contributed by atoms with Crippen LogP contribution in [0.3, 0.4) is 0 Å². The van der Waals surface area contributed by atoms with E-state index < -0.39 is 35.3 Å². The lowest BCUT2D eigenvalue weighted by atomic mass is 9.89. The molecule has 0 radical (unpaired) electrons. The van der Waals surface area contributed by atoms with Gasteiger partial charge < -0.3 is 20.7 Å². The fourth-order valence-corrected chi connectivity index (χ4v) is 3.11. The SMILES string of the molecule is CC(C)(Cc1ccc(C(=O)Oc2ccc(C(=N)N)cc2F)s1)C(=O)O.O=C(O)C(F)(F)F. The number of thiophene rings is 1. The molecule has 1 aromatic carbocycles. The van der Waals surface area contributed by atoms with Gasteiger partial charge in [0.2, 0.25) is 0 Å². The van der Waals surface area contributed by atoms with Crippen molar-refractivity contribution in [3.8, 4) is 5.75 Å². The first-order valence-electron chi connectivity index (χ1n) is 8.53. The van der Waals surface area contributed by atoms with Crippen molar-refractivity contribution in [1.82, 2.24) is 0 Å². The van der Waals surface area contributed by atoms with Crippen molar-refractivity contribution < 1.29 is 46.9 Å². The Balaban J connectivity index is 0.000000633. The molecule has 1 aromatic heterocycles. The maximum absolute atomic E-state index is 13.9. The Morgan fingerprint density at radius 3 is 2.09 bits per heavy atom. The lowest BCUT2D eigenvalue weighted by Crippen LogP contribution is -2.25. The third-order valence-electron chi connectivity index (χ3n) is 3.75. The van der Waals surface area contributed by atoms with E-state index in [4.69, 9.17) is 30.9 Å². The molecule has 0 aliphatic carbocycles. The minimum atomic E-state index is -5.08. The summed E-state index contributed by atoms with van der Waals surface area (Å²) >= 11 is 1.10. The molecule has 0 aliphatic heterocycles. The van der Waals surface area contributed by atoms with E-state index in [9.17, 15) is 27.2 Å². The van der Waals surface area contributed by atoms with E-state index in [-0.39, 0.29) is 28.4 Å². The number of rotatable bonds is 6. The van der Waals surface area contributed by atoms with Gasteiger partial charge in [0.1, 0.15) is 10.7 Å². The standard InChI is InChI=1S/C17H17FN2O4S.C2HF3O2/c1-17(2,16(22)23)8-10-4-6-13(25-10)15(21)24-12-5-3-9(14(19)20)7-11(12)18;3-2(4,5)1(6)7/h3-7H,8H2,1-2H3,(H3,19,20)(H,22,23);(H,6,7). The van der Waals surface area contributed by atoms with Crippen LogP contribution < -0.4 is 10.5 Å². The number of esters is 1. The quantitative estimate of drug-likeness (QED) is 0.163. The Morgan fingerprint density at radius 2 is 1.66 bits per heavy atom. The Labute approximate surface area is 182 Å². The maximum atomic E-state index is 13.9. The normalized spacial score (nSPS) is 11.2. The zero-order valence-corrected chi connectivity index (χ0v) is 17.4. The van der Waals surface area contributed by atoms with Crippen molar-refractivity contribution in [3.63, 3.8) is 0 Å². The molecule has 0 amide bonds. The number of aliphatic carboxylic acids is 2. The predicted octanol–water partition coefficient (Wildman–Crippen LogP) is 3.68. The van der Waals surface area contributed by atoms with Gasteiger partial charge in [-0.1, -0.05) is 0 Å². The number of benzene rings is 1. The highest BCUT2D eigenvalue weighted by Gasteiger charge is 2.38. The van der Waals surface area contributed by atoms with E-state index in [0.717, 1.165) is 17.4 Å². The number of alkyl halides is 3. The molecule has 0 atom stereocenters. The summed E-state index contributed by atoms with van der Waals surface area (Å²) in [6, 6.07) is 6.79. The van der Waals surface area contributed by atoms with Crippen LogP contribution in [0.15, 0.2) is 30.3 Å². The number of carbonyl (C=O) groups is 3. The number of halogens is 4. The van der Waals surface area contributed by atoms with Gasteiger partial charge in [0.25, 0.3) is 0 Å². The minimum Gasteiger partial charge on any atom is -0.481 e. The first-order chi connectivity index (χ1) is 14.5. The number of nitrogens with two attached hydrogens (primary N) is 1. The number of carboxylic acids is 2. The van der Waals surface area contributed by atoms with E-state index in [0.29, 0.717) is 4.88 Å². The number of ether oxygens (including phenoxy) is 1. The Hall–Kier alpha value is -3.48. The molecule has 0 spiro atoms.